The molecule has 2 aromatic carbocycles. The van der Waals surface area contributed by atoms with Gasteiger partial charge in [-0.25, -0.2) is 9.80 Å². The molecule has 3 amide bonds. The van der Waals surface area contributed by atoms with Crippen molar-refractivity contribution in [1.82, 2.24) is 14.6 Å². The molecule has 1 saturated heterocycles. The number of imidazole rings is 1. The van der Waals surface area contributed by atoms with Gasteiger partial charge in [-0.1, -0.05) is 0 Å². The summed E-state index contributed by atoms with van der Waals surface area (Å²) >= 11 is 0. The van der Waals surface area contributed by atoms with Gasteiger partial charge in [0.1, 0.15) is 0 Å². The molecule has 1 aliphatic heterocycles. The average Bonchev–Trinajstić information content (AvgIpc) is 2.94. The molecule has 2 N–H and O–H groups in total. The average molecular weight is 393 g/mol. The van der Waals surface area contributed by atoms with E-state index < -0.39 is 0 Å². The molecule has 2 heterocycles. The molecule has 0 unspecified atom stereocenters. The van der Waals surface area contributed by atoms with E-state index >= 15 is 0 Å². The quantitative estimate of drug-likeness (QED) is 0.699. The Hall–Kier alpha value is -3.88. The van der Waals surface area contributed by atoms with E-state index in [4.69, 9.17) is 0 Å². The zero-order valence-electron chi connectivity index (χ0n) is 15.9. The lowest BCUT2D eigenvalue weighted by molar-refractivity contribution is -0.130. The lowest BCUT2D eigenvalue weighted by Gasteiger charge is -2.27. The monoisotopic (exact) mass is 393 g/mol. The zero-order valence-corrected chi connectivity index (χ0v) is 15.9. The van der Waals surface area contributed by atoms with Crippen molar-refractivity contribution in [3.05, 3.63) is 58.5 Å². The minimum atomic E-state index is -0.328. The second-order valence-corrected chi connectivity index (χ2v) is 6.87. The van der Waals surface area contributed by atoms with E-state index in [2.05, 4.69) is 10.7 Å². The third kappa shape index (κ3) is 3.27. The molecule has 1 aromatic heterocycles. The van der Waals surface area contributed by atoms with Gasteiger partial charge in [-0.05, 0) is 42.5 Å². The lowest BCUT2D eigenvalue weighted by Crippen LogP contribution is -2.50. The number of nitrogens with one attached hydrogen (secondary N) is 2. The third-order valence-electron chi connectivity index (χ3n) is 4.97. The van der Waals surface area contributed by atoms with Gasteiger partial charge in [-0.2, -0.15) is 0 Å². The molecular formula is C20H19N5O4. The van der Waals surface area contributed by atoms with Crippen LogP contribution in [0.3, 0.4) is 0 Å². The van der Waals surface area contributed by atoms with Crippen LogP contribution in [0.2, 0.25) is 0 Å². The van der Waals surface area contributed by atoms with Gasteiger partial charge >= 0.3 is 5.69 Å². The Morgan fingerprint density at radius 2 is 1.62 bits per heavy atom. The Balaban J connectivity index is 1.54. The van der Waals surface area contributed by atoms with Crippen molar-refractivity contribution in [2.75, 3.05) is 10.3 Å². The minimum Gasteiger partial charge on any atom is -0.322 e. The zero-order chi connectivity index (χ0) is 20.7. The molecule has 9 heteroatoms. The van der Waals surface area contributed by atoms with Crippen LogP contribution in [0.1, 0.15) is 23.2 Å². The summed E-state index contributed by atoms with van der Waals surface area (Å²) in [6, 6.07) is 11.6. The Bertz CT molecular complexity index is 1210. The molecule has 1 aliphatic rings. The number of hydrogen-bond acceptors (Lipinski definition) is 4. The van der Waals surface area contributed by atoms with Crippen LogP contribution < -0.4 is 21.4 Å². The Morgan fingerprint density at radius 1 is 0.931 bits per heavy atom. The molecule has 0 aliphatic carbocycles. The molecule has 0 radical (unpaired) electrons. The van der Waals surface area contributed by atoms with Gasteiger partial charge < -0.3 is 5.32 Å². The normalized spacial score (nSPS) is 14.2. The number of fused-ring (bicyclic) bond motifs is 1. The van der Waals surface area contributed by atoms with Gasteiger partial charge in [0.25, 0.3) is 5.91 Å². The van der Waals surface area contributed by atoms with Crippen LogP contribution >= 0.6 is 0 Å². The fourth-order valence-electron chi connectivity index (χ4n) is 3.33. The van der Waals surface area contributed by atoms with Crippen LogP contribution in [0.25, 0.3) is 11.0 Å². The highest BCUT2D eigenvalue weighted by molar-refractivity contribution is 6.06. The molecule has 0 spiro atoms. The summed E-state index contributed by atoms with van der Waals surface area (Å²) in [5.74, 6) is -0.758. The van der Waals surface area contributed by atoms with E-state index in [9.17, 15) is 19.2 Å². The van der Waals surface area contributed by atoms with E-state index in [1.54, 1.807) is 61.1 Å². The van der Waals surface area contributed by atoms with Gasteiger partial charge in [-0.15, -0.1) is 0 Å². The van der Waals surface area contributed by atoms with Crippen molar-refractivity contribution < 1.29 is 14.4 Å². The molecule has 0 bridgehead atoms. The fraction of sp³-hybridized carbons (Fsp3) is 0.200. The predicted octanol–water partition coefficient (Wildman–Crippen LogP) is 1.29. The first-order valence-corrected chi connectivity index (χ1v) is 9.04. The van der Waals surface area contributed by atoms with Crippen LogP contribution in [0.15, 0.2) is 47.3 Å². The summed E-state index contributed by atoms with van der Waals surface area (Å²) in [6.45, 7) is 0. The Labute approximate surface area is 165 Å². The molecule has 148 valence electrons. The first kappa shape index (κ1) is 18.5. The van der Waals surface area contributed by atoms with Gasteiger partial charge in [0.05, 0.1) is 16.7 Å². The molecule has 4 rings (SSSR count). The maximum Gasteiger partial charge on any atom is 0.328 e. The number of aromatic nitrogens is 2. The van der Waals surface area contributed by atoms with Crippen molar-refractivity contribution in [1.29, 1.82) is 0 Å². The van der Waals surface area contributed by atoms with Crippen molar-refractivity contribution >= 4 is 40.1 Å². The van der Waals surface area contributed by atoms with Crippen molar-refractivity contribution in [2.24, 2.45) is 14.1 Å². The SMILES string of the molecule is Cn1c(=O)n(C)c2cc(NC(=O)c3ccc(N4NC(=O)CCC4=O)cc3)ccc21. The smallest absolute Gasteiger partial charge is 0.322 e. The van der Waals surface area contributed by atoms with E-state index in [1.165, 1.54) is 9.58 Å². The van der Waals surface area contributed by atoms with Crippen LogP contribution in [-0.4, -0.2) is 26.9 Å². The number of hydrogen-bond donors (Lipinski definition) is 2. The van der Waals surface area contributed by atoms with E-state index in [0.29, 0.717) is 22.5 Å². The van der Waals surface area contributed by atoms with Crippen LogP contribution in [0.4, 0.5) is 11.4 Å². The first-order valence-electron chi connectivity index (χ1n) is 9.04. The Kier molecular flexibility index (Phi) is 4.42. The molecule has 29 heavy (non-hydrogen) atoms. The second kappa shape index (κ2) is 6.93. The summed E-state index contributed by atoms with van der Waals surface area (Å²) in [5, 5.41) is 4.00. The number of benzene rings is 2. The number of carbonyl (C=O) groups is 3. The van der Waals surface area contributed by atoms with Crippen LogP contribution in [-0.2, 0) is 23.7 Å². The van der Waals surface area contributed by atoms with Crippen LogP contribution in [0.5, 0.6) is 0 Å². The van der Waals surface area contributed by atoms with Crippen molar-refractivity contribution in [2.45, 2.75) is 12.8 Å². The lowest BCUT2D eigenvalue weighted by atomic mass is 10.1. The number of amides is 3. The highest BCUT2D eigenvalue weighted by Crippen LogP contribution is 2.20. The summed E-state index contributed by atoms with van der Waals surface area (Å²) in [6.07, 6.45) is 0.325. The number of aryl methyl sites for hydroxylation is 2. The Morgan fingerprint density at radius 3 is 2.34 bits per heavy atom. The van der Waals surface area contributed by atoms with E-state index in [0.717, 1.165) is 5.52 Å². The molecule has 1 fully saturated rings. The summed E-state index contributed by atoms with van der Waals surface area (Å²) < 4.78 is 3.06. The number of anilines is 2. The molecular weight excluding hydrogens is 374 g/mol. The third-order valence-corrected chi connectivity index (χ3v) is 4.97. The second-order valence-electron chi connectivity index (χ2n) is 6.87. The molecule has 3 aromatic rings. The number of hydrazine groups is 1. The first-order chi connectivity index (χ1) is 13.8. The topological polar surface area (TPSA) is 105 Å². The van der Waals surface area contributed by atoms with E-state index in [1.807, 2.05) is 0 Å². The molecule has 0 saturated carbocycles. The van der Waals surface area contributed by atoms with Gasteiger partial charge in [0.2, 0.25) is 11.8 Å². The predicted molar refractivity (Wildman–Crippen MR) is 107 cm³/mol. The largest absolute Gasteiger partial charge is 0.328 e. The molecule has 9 nitrogen and oxygen atoms in total. The summed E-state index contributed by atoms with van der Waals surface area (Å²) in [4.78, 5) is 48.1. The van der Waals surface area contributed by atoms with Gasteiger partial charge in [0, 0.05) is 38.2 Å². The highest BCUT2D eigenvalue weighted by Gasteiger charge is 2.24. The number of nitrogens with zero attached hydrogens (tertiary/aromatic N) is 3. The maximum atomic E-state index is 12.6. The fourth-order valence-corrected chi connectivity index (χ4v) is 3.33. The summed E-state index contributed by atoms with van der Waals surface area (Å²) in [5.41, 5.74) is 5.30. The highest BCUT2D eigenvalue weighted by atomic mass is 16.2. The van der Waals surface area contributed by atoms with Crippen molar-refractivity contribution in [3.63, 3.8) is 0 Å². The van der Waals surface area contributed by atoms with Crippen LogP contribution in [0, 0.1) is 0 Å². The number of carbonyl (C=O) groups excluding carboxylic acids is 3. The van der Waals surface area contributed by atoms with Gasteiger partial charge in [0.15, 0.2) is 0 Å². The number of rotatable bonds is 3. The van der Waals surface area contributed by atoms with Gasteiger partial charge in [-0.3, -0.25) is 28.9 Å². The van der Waals surface area contributed by atoms with Crippen molar-refractivity contribution in [3.8, 4) is 0 Å². The maximum absolute atomic E-state index is 12.6. The summed E-state index contributed by atoms with van der Waals surface area (Å²) in [7, 11) is 3.37. The standard InChI is InChI=1S/C20H19N5O4/c1-23-15-8-5-13(11-16(15)24(2)20(23)29)21-19(28)12-3-6-14(7-4-12)25-18(27)10-9-17(26)22-25/h3-8,11H,9-10H2,1-2H3,(H,21,28)(H,22,26). The minimum absolute atomic E-state index is 0.140. The van der Waals surface area contributed by atoms with E-state index in [-0.39, 0.29) is 36.3 Å². The molecule has 0 atom stereocenters.